The summed E-state index contributed by atoms with van der Waals surface area (Å²) in [5.74, 6) is -1.16. The van der Waals surface area contributed by atoms with Gasteiger partial charge in [0, 0.05) is 0 Å². The number of hydrogen-bond donors (Lipinski definition) is 1. The zero-order valence-corrected chi connectivity index (χ0v) is 6.80. The van der Waals surface area contributed by atoms with E-state index in [2.05, 4.69) is 0 Å². The standard InChI is InChI=1S/C6H8NO3S/c1-11-5-2-4(8)7(5)3-6(9)10/h2,5H,3H2,1H3,(H,9,10). The predicted molar refractivity (Wildman–Crippen MR) is 41.0 cm³/mol. The molecule has 1 unspecified atom stereocenters. The van der Waals surface area contributed by atoms with Gasteiger partial charge < -0.3 is 10.0 Å². The van der Waals surface area contributed by atoms with Crippen LogP contribution in [0.3, 0.4) is 0 Å². The number of rotatable bonds is 3. The minimum Gasteiger partial charge on any atom is -0.480 e. The number of carboxylic acid groups (broad SMARTS) is 1. The summed E-state index contributed by atoms with van der Waals surface area (Å²) < 4.78 is 0. The number of aliphatic carboxylic acids is 1. The lowest BCUT2D eigenvalue weighted by Crippen LogP contribution is -2.53. The van der Waals surface area contributed by atoms with E-state index in [4.69, 9.17) is 5.11 Å². The molecule has 1 aliphatic heterocycles. The maximum atomic E-state index is 10.7. The number of carbonyl (C=O) groups excluding carboxylic acids is 1. The number of carbonyl (C=O) groups is 2. The van der Waals surface area contributed by atoms with E-state index in [-0.39, 0.29) is 17.8 Å². The van der Waals surface area contributed by atoms with E-state index >= 15 is 0 Å². The average molecular weight is 174 g/mol. The number of hydrogen-bond acceptors (Lipinski definition) is 3. The van der Waals surface area contributed by atoms with Crippen LogP contribution in [-0.2, 0) is 9.59 Å². The molecule has 1 radical (unpaired) electrons. The molecule has 4 nitrogen and oxygen atoms in total. The summed E-state index contributed by atoms with van der Waals surface area (Å²) in [5.41, 5.74) is 0. The largest absolute Gasteiger partial charge is 0.480 e. The maximum absolute atomic E-state index is 10.7. The van der Waals surface area contributed by atoms with Crippen molar-refractivity contribution >= 4 is 23.6 Å². The number of thioether (sulfide) groups is 1. The molecule has 1 aliphatic rings. The predicted octanol–water partition coefficient (Wildman–Crippen LogP) is -0.193. The van der Waals surface area contributed by atoms with Crippen molar-refractivity contribution < 1.29 is 14.7 Å². The van der Waals surface area contributed by atoms with Crippen LogP contribution >= 0.6 is 11.8 Å². The van der Waals surface area contributed by atoms with Gasteiger partial charge in [0.2, 0.25) is 5.91 Å². The van der Waals surface area contributed by atoms with Crippen molar-refractivity contribution in [3.63, 3.8) is 0 Å². The summed E-state index contributed by atoms with van der Waals surface area (Å²) in [6.45, 7) is -0.194. The summed E-state index contributed by atoms with van der Waals surface area (Å²) in [5, 5.41) is 8.32. The number of carboxylic acids is 1. The highest BCUT2D eigenvalue weighted by Gasteiger charge is 2.36. The topological polar surface area (TPSA) is 57.6 Å². The van der Waals surface area contributed by atoms with Crippen LogP contribution in [0.4, 0.5) is 0 Å². The Morgan fingerprint density at radius 3 is 2.91 bits per heavy atom. The Hall–Kier alpha value is -0.710. The summed E-state index contributed by atoms with van der Waals surface area (Å²) in [6, 6.07) is 0. The molecule has 1 atom stereocenters. The van der Waals surface area contributed by atoms with Crippen LogP contribution in [0.5, 0.6) is 0 Å². The summed E-state index contributed by atoms with van der Waals surface area (Å²) in [7, 11) is 0. The molecule has 0 aromatic carbocycles. The van der Waals surface area contributed by atoms with Gasteiger partial charge in [-0.15, -0.1) is 11.8 Å². The normalized spacial score (nSPS) is 23.2. The highest BCUT2D eigenvalue weighted by molar-refractivity contribution is 7.99. The first-order valence-corrected chi connectivity index (χ1v) is 4.34. The lowest BCUT2D eigenvalue weighted by atomic mass is 10.2. The van der Waals surface area contributed by atoms with Crippen LogP contribution < -0.4 is 0 Å². The molecular weight excluding hydrogens is 166 g/mol. The second kappa shape index (κ2) is 3.13. The molecule has 0 saturated carbocycles. The first kappa shape index (κ1) is 8.39. The lowest BCUT2D eigenvalue weighted by Gasteiger charge is -2.37. The molecule has 0 bridgehead atoms. The third kappa shape index (κ3) is 1.65. The summed E-state index contributed by atoms with van der Waals surface area (Å²) in [4.78, 5) is 22.2. The highest BCUT2D eigenvalue weighted by atomic mass is 32.2. The van der Waals surface area contributed by atoms with Crippen molar-refractivity contribution in [2.24, 2.45) is 0 Å². The quantitative estimate of drug-likeness (QED) is 0.602. The van der Waals surface area contributed by atoms with Crippen LogP contribution in [0, 0.1) is 6.42 Å². The molecule has 11 heavy (non-hydrogen) atoms. The van der Waals surface area contributed by atoms with Crippen LogP contribution in [0.25, 0.3) is 0 Å². The fourth-order valence-electron chi connectivity index (χ4n) is 0.860. The smallest absolute Gasteiger partial charge is 0.323 e. The minimum absolute atomic E-state index is 0.0430. The van der Waals surface area contributed by atoms with Crippen molar-refractivity contribution in [3.8, 4) is 0 Å². The molecule has 1 amide bonds. The molecule has 61 valence electrons. The Kier molecular flexibility index (Phi) is 2.38. The molecule has 1 heterocycles. The van der Waals surface area contributed by atoms with E-state index < -0.39 is 5.97 Å². The molecule has 0 aromatic heterocycles. The molecule has 1 fully saturated rings. The van der Waals surface area contributed by atoms with Crippen LogP contribution in [0.15, 0.2) is 0 Å². The Morgan fingerprint density at radius 2 is 2.55 bits per heavy atom. The van der Waals surface area contributed by atoms with Crippen molar-refractivity contribution in [2.45, 2.75) is 5.37 Å². The Morgan fingerprint density at radius 1 is 1.91 bits per heavy atom. The molecular formula is C6H8NO3S. The third-order valence-corrected chi connectivity index (χ3v) is 2.30. The zero-order chi connectivity index (χ0) is 8.43. The van der Waals surface area contributed by atoms with Gasteiger partial charge in [-0.05, 0) is 6.26 Å². The van der Waals surface area contributed by atoms with Crippen molar-refractivity contribution in [3.05, 3.63) is 6.42 Å². The second-order valence-corrected chi connectivity index (χ2v) is 3.11. The van der Waals surface area contributed by atoms with Gasteiger partial charge in [0.25, 0.3) is 0 Å². The summed E-state index contributed by atoms with van der Waals surface area (Å²) >= 11 is 1.45. The van der Waals surface area contributed by atoms with E-state index in [9.17, 15) is 9.59 Å². The zero-order valence-electron chi connectivity index (χ0n) is 5.98. The SMILES string of the molecule is CSC1[CH]C(=O)N1CC(=O)O. The van der Waals surface area contributed by atoms with Gasteiger partial charge in [-0.1, -0.05) is 0 Å². The Bertz CT molecular complexity index is 194. The molecule has 1 saturated heterocycles. The fourth-order valence-corrected chi connectivity index (χ4v) is 1.55. The molecule has 5 heteroatoms. The van der Waals surface area contributed by atoms with Gasteiger partial charge in [0.15, 0.2) is 0 Å². The van der Waals surface area contributed by atoms with E-state index in [1.807, 2.05) is 6.26 Å². The lowest BCUT2D eigenvalue weighted by molar-refractivity contribution is -0.147. The van der Waals surface area contributed by atoms with Crippen molar-refractivity contribution in [1.82, 2.24) is 4.90 Å². The minimum atomic E-state index is -0.967. The van der Waals surface area contributed by atoms with E-state index in [0.29, 0.717) is 0 Å². The van der Waals surface area contributed by atoms with Crippen LogP contribution in [0.2, 0.25) is 0 Å². The second-order valence-electron chi connectivity index (χ2n) is 2.15. The third-order valence-electron chi connectivity index (χ3n) is 1.42. The van der Waals surface area contributed by atoms with E-state index in [1.54, 1.807) is 0 Å². The number of likely N-dealkylation sites (tertiary alicyclic amines) is 1. The molecule has 0 spiro atoms. The molecule has 0 aliphatic carbocycles. The molecule has 0 aromatic rings. The highest BCUT2D eigenvalue weighted by Crippen LogP contribution is 2.25. The molecule has 1 N–H and O–H groups in total. The first-order chi connectivity index (χ1) is 5.15. The van der Waals surface area contributed by atoms with Gasteiger partial charge in [0.1, 0.15) is 6.54 Å². The van der Waals surface area contributed by atoms with E-state index in [0.717, 1.165) is 0 Å². The summed E-state index contributed by atoms with van der Waals surface area (Å²) in [6.07, 6.45) is 3.34. The Labute approximate surface area is 68.6 Å². The van der Waals surface area contributed by atoms with Crippen LogP contribution in [0.1, 0.15) is 0 Å². The van der Waals surface area contributed by atoms with Gasteiger partial charge in [0.05, 0.1) is 11.8 Å². The van der Waals surface area contributed by atoms with Gasteiger partial charge >= 0.3 is 5.97 Å². The van der Waals surface area contributed by atoms with Gasteiger partial charge in [-0.25, -0.2) is 0 Å². The Balaban J connectivity index is 2.42. The monoisotopic (exact) mass is 174 g/mol. The molecule has 1 rings (SSSR count). The van der Waals surface area contributed by atoms with Crippen molar-refractivity contribution in [2.75, 3.05) is 12.8 Å². The first-order valence-electron chi connectivity index (χ1n) is 3.05. The van der Waals surface area contributed by atoms with Crippen LogP contribution in [-0.4, -0.2) is 40.1 Å². The van der Waals surface area contributed by atoms with Crippen molar-refractivity contribution in [1.29, 1.82) is 0 Å². The number of β-lactam (4-membered cyclic amide) rings is 1. The van der Waals surface area contributed by atoms with E-state index in [1.165, 1.54) is 23.1 Å². The van der Waals surface area contributed by atoms with Gasteiger partial charge in [-0.2, -0.15) is 0 Å². The van der Waals surface area contributed by atoms with Gasteiger partial charge in [-0.3, -0.25) is 9.59 Å². The maximum Gasteiger partial charge on any atom is 0.323 e. The average Bonchev–Trinajstić information content (AvgIpc) is 1.95. The number of nitrogens with zero attached hydrogens (tertiary/aromatic N) is 1. The fraction of sp³-hybridized carbons (Fsp3) is 0.500. The number of amides is 1.